The molecular formula is C11H13BrClN. The molecule has 1 aliphatic rings. The molecular weight excluding hydrogens is 261 g/mol. The van der Waals surface area contributed by atoms with Gasteiger partial charge in [0.15, 0.2) is 0 Å². The van der Waals surface area contributed by atoms with E-state index in [0.29, 0.717) is 5.92 Å². The first-order chi connectivity index (χ1) is 6.72. The van der Waals surface area contributed by atoms with Gasteiger partial charge in [-0.05, 0) is 49.5 Å². The Bertz CT molecular complexity index is 340. The van der Waals surface area contributed by atoms with Gasteiger partial charge in [-0.25, -0.2) is 0 Å². The molecule has 0 aliphatic heterocycles. The molecule has 1 fully saturated rings. The van der Waals surface area contributed by atoms with Gasteiger partial charge in [0, 0.05) is 9.50 Å². The van der Waals surface area contributed by atoms with Crippen molar-refractivity contribution in [2.45, 2.75) is 12.3 Å². The van der Waals surface area contributed by atoms with E-state index < -0.39 is 0 Å². The largest absolute Gasteiger partial charge is 0.319 e. The van der Waals surface area contributed by atoms with E-state index in [4.69, 9.17) is 11.6 Å². The maximum absolute atomic E-state index is 5.90. The van der Waals surface area contributed by atoms with Crippen molar-refractivity contribution in [1.82, 2.24) is 5.32 Å². The van der Waals surface area contributed by atoms with E-state index >= 15 is 0 Å². The van der Waals surface area contributed by atoms with Crippen molar-refractivity contribution >= 4 is 27.5 Å². The molecule has 1 N–H and O–H groups in total. The molecule has 3 heteroatoms. The third kappa shape index (κ3) is 2.13. The molecule has 0 bridgehead atoms. The molecule has 1 saturated carbocycles. The third-order valence-corrected chi connectivity index (χ3v) is 3.67. The van der Waals surface area contributed by atoms with Crippen LogP contribution in [0.3, 0.4) is 0 Å². The highest BCUT2D eigenvalue weighted by Gasteiger charge is 2.38. The summed E-state index contributed by atoms with van der Waals surface area (Å²) in [4.78, 5) is 0. The summed E-state index contributed by atoms with van der Waals surface area (Å²) >= 11 is 9.46. The molecule has 0 spiro atoms. The maximum atomic E-state index is 5.90. The van der Waals surface area contributed by atoms with Crippen molar-refractivity contribution in [3.63, 3.8) is 0 Å². The summed E-state index contributed by atoms with van der Waals surface area (Å²) in [6.45, 7) is 1.11. The molecule has 1 nitrogen and oxygen atoms in total. The second-order valence-corrected chi connectivity index (χ2v) is 5.12. The first-order valence-corrected chi connectivity index (χ1v) is 5.99. The van der Waals surface area contributed by atoms with Crippen LogP contribution < -0.4 is 5.32 Å². The van der Waals surface area contributed by atoms with Gasteiger partial charge in [-0.15, -0.1) is 0 Å². The van der Waals surface area contributed by atoms with Gasteiger partial charge in [0.05, 0.1) is 0 Å². The molecule has 1 aromatic rings. The monoisotopic (exact) mass is 273 g/mol. The Labute approximate surface area is 98.0 Å². The third-order valence-electron chi connectivity index (χ3n) is 2.75. The fourth-order valence-corrected chi connectivity index (χ4v) is 2.90. The maximum Gasteiger partial charge on any atom is 0.0417 e. The van der Waals surface area contributed by atoms with Crippen molar-refractivity contribution in [2.24, 2.45) is 5.92 Å². The van der Waals surface area contributed by atoms with E-state index in [0.717, 1.165) is 22.0 Å². The Morgan fingerprint density at radius 3 is 3.00 bits per heavy atom. The Morgan fingerprint density at radius 1 is 1.57 bits per heavy atom. The Morgan fingerprint density at radius 2 is 2.36 bits per heavy atom. The van der Waals surface area contributed by atoms with Crippen LogP contribution in [-0.4, -0.2) is 13.6 Å². The van der Waals surface area contributed by atoms with E-state index in [1.165, 1.54) is 12.0 Å². The van der Waals surface area contributed by atoms with Crippen molar-refractivity contribution in [3.05, 3.63) is 33.3 Å². The highest BCUT2D eigenvalue weighted by molar-refractivity contribution is 9.10. The quantitative estimate of drug-likeness (QED) is 0.890. The minimum absolute atomic E-state index is 0.717. The molecule has 0 amide bonds. The lowest BCUT2D eigenvalue weighted by Gasteiger charge is -2.04. The second kappa shape index (κ2) is 4.21. The topological polar surface area (TPSA) is 12.0 Å². The van der Waals surface area contributed by atoms with Crippen molar-refractivity contribution in [2.75, 3.05) is 13.6 Å². The molecule has 2 rings (SSSR count). The fourth-order valence-electron chi connectivity index (χ4n) is 1.92. The average Bonchev–Trinajstić information content (AvgIpc) is 2.84. The van der Waals surface area contributed by atoms with Crippen molar-refractivity contribution in [1.29, 1.82) is 0 Å². The summed E-state index contributed by atoms with van der Waals surface area (Å²) in [7, 11) is 2.01. The van der Waals surface area contributed by atoms with E-state index in [-0.39, 0.29) is 0 Å². The predicted octanol–water partition coefficient (Wildman–Crippen LogP) is 3.43. The highest BCUT2D eigenvalue weighted by Crippen LogP contribution is 2.49. The van der Waals surface area contributed by atoms with Gasteiger partial charge in [-0.1, -0.05) is 33.6 Å². The van der Waals surface area contributed by atoms with Crippen LogP contribution >= 0.6 is 27.5 Å². The van der Waals surface area contributed by atoms with Gasteiger partial charge < -0.3 is 5.32 Å². The minimum atomic E-state index is 0.717. The van der Waals surface area contributed by atoms with E-state index in [2.05, 4.69) is 27.3 Å². The standard InChI is InChI=1S/C11H13BrClN/c1-14-6-7-4-10(7)9-3-2-8(13)5-11(9)12/h2-3,5,7,10,14H,4,6H2,1H3. The van der Waals surface area contributed by atoms with Crippen LogP contribution in [-0.2, 0) is 0 Å². The molecule has 0 heterocycles. The number of nitrogens with one attached hydrogen (secondary N) is 1. The molecule has 1 aromatic carbocycles. The first kappa shape index (κ1) is 10.5. The summed E-state index contributed by atoms with van der Waals surface area (Å²) < 4.78 is 1.15. The molecule has 0 radical (unpaired) electrons. The second-order valence-electron chi connectivity index (χ2n) is 3.83. The Balaban J connectivity index is 2.11. The lowest BCUT2D eigenvalue weighted by molar-refractivity contribution is 0.697. The fraction of sp³-hybridized carbons (Fsp3) is 0.455. The lowest BCUT2D eigenvalue weighted by atomic mass is 10.1. The van der Waals surface area contributed by atoms with Gasteiger partial charge in [0.1, 0.15) is 0 Å². The van der Waals surface area contributed by atoms with Crippen LogP contribution in [0.2, 0.25) is 5.02 Å². The molecule has 14 heavy (non-hydrogen) atoms. The lowest BCUT2D eigenvalue weighted by Crippen LogP contribution is -2.10. The van der Waals surface area contributed by atoms with Gasteiger partial charge in [0.25, 0.3) is 0 Å². The van der Waals surface area contributed by atoms with Gasteiger partial charge >= 0.3 is 0 Å². The number of hydrogen-bond acceptors (Lipinski definition) is 1. The van der Waals surface area contributed by atoms with Crippen LogP contribution in [0.1, 0.15) is 17.9 Å². The summed E-state index contributed by atoms with van der Waals surface area (Å²) in [6.07, 6.45) is 1.29. The van der Waals surface area contributed by atoms with Crippen LogP contribution in [0.25, 0.3) is 0 Å². The van der Waals surface area contributed by atoms with E-state index in [1.54, 1.807) is 0 Å². The van der Waals surface area contributed by atoms with E-state index in [9.17, 15) is 0 Å². The molecule has 0 aromatic heterocycles. The van der Waals surface area contributed by atoms with Crippen molar-refractivity contribution < 1.29 is 0 Å². The number of benzene rings is 1. The zero-order chi connectivity index (χ0) is 10.1. The molecule has 1 aliphatic carbocycles. The minimum Gasteiger partial charge on any atom is -0.319 e. The molecule has 2 atom stereocenters. The SMILES string of the molecule is CNCC1CC1c1ccc(Cl)cc1Br. The number of halogens is 2. The normalized spacial score (nSPS) is 25.1. The first-order valence-electron chi connectivity index (χ1n) is 4.82. The number of hydrogen-bond donors (Lipinski definition) is 1. The zero-order valence-electron chi connectivity index (χ0n) is 8.06. The molecule has 2 unspecified atom stereocenters. The van der Waals surface area contributed by atoms with Crippen LogP contribution in [0, 0.1) is 5.92 Å². The van der Waals surface area contributed by atoms with Crippen LogP contribution in [0.15, 0.2) is 22.7 Å². The summed E-state index contributed by atoms with van der Waals surface area (Å²) in [5, 5.41) is 4.02. The van der Waals surface area contributed by atoms with E-state index in [1.807, 2.05) is 19.2 Å². The molecule has 0 saturated heterocycles. The van der Waals surface area contributed by atoms with Gasteiger partial charge in [-0.3, -0.25) is 0 Å². The Kier molecular flexibility index (Phi) is 3.15. The summed E-state index contributed by atoms with van der Waals surface area (Å²) in [5.41, 5.74) is 1.40. The van der Waals surface area contributed by atoms with Gasteiger partial charge in [0.2, 0.25) is 0 Å². The van der Waals surface area contributed by atoms with Crippen molar-refractivity contribution in [3.8, 4) is 0 Å². The summed E-state index contributed by atoms with van der Waals surface area (Å²) in [6, 6.07) is 6.08. The average molecular weight is 275 g/mol. The number of rotatable bonds is 3. The van der Waals surface area contributed by atoms with Crippen LogP contribution in [0.4, 0.5) is 0 Å². The highest BCUT2D eigenvalue weighted by atomic mass is 79.9. The summed E-state index contributed by atoms with van der Waals surface area (Å²) in [5.74, 6) is 1.52. The predicted molar refractivity (Wildman–Crippen MR) is 63.9 cm³/mol. The zero-order valence-corrected chi connectivity index (χ0v) is 10.4. The van der Waals surface area contributed by atoms with Crippen LogP contribution in [0.5, 0.6) is 0 Å². The van der Waals surface area contributed by atoms with Gasteiger partial charge in [-0.2, -0.15) is 0 Å². The molecule has 76 valence electrons. The Hall–Kier alpha value is -0.0500. The smallest absolute Gasteiger partial charge is 0.0417 e.